The number of benzene rings is 3. The number of fused-ring (bicyclic) bond motifs is 1. The minimum atomic E-state index is 0.790. The summed E-state index contributed by atoms with van der Waals surface area (Å²) in [4.78, 5) is 4.79. The Kier molecular flexibility index (Phi) is 5.23. The summed E-state index contributed by atoms with van der Waals surface area (Å²) in [6.45, 7) is 2.87. The van der Waals surface area contributed by atoms with E-state index < -0.39 is 0 Å². The molecule has 2 heteroatoms. The number of hydrogen-bond donors (Lipinski definition) is 0. The van der Waals surface area contributed by atoms with E-state index in [-0.39, 0.29) is 0 Å². The quantitative estimate of drug-likeness (QED) is 0.631. The van der Waals surface area contributed by atoms with Gasteiger partial charge in [-0.15, -0.1) is 0 Å². The molecule has 0 saturated carbocycles. The van der Waals surface area contributed by atoms with Crippen molar-refractivity contribution in [2.24, 2.45) is 0 Å². The van der Waals surface area contributed by atoms with Crippen LogP contribution in [-0.4, -0.2) is 18.6 Å². The molecule has 0 bridgehead atoms. The summed E-state index contributed by atoms with van der Waals surface area (Å²) in [7, 11) is 2.16. The van der Waals surface area contributed by atoms with E-state index in [4.69, 9.17) is 0 Å². The van der Waals surface area contributed by atoms with E-state index in [1.165, 1.54) is 22.4 Å². The highest BCUT2D eigenvalue weighted by molar-refractivity contribution is 5.58. The molecule has 0 atom stereocenters. The molecule has 1 aliphatic heterocycles. The molecule has 2 nitrogen and oxygen atoms in total. The van der Waals surface area contributed by atoms with Crippen molar-refractivity contribution in [2.45, 2.75) is 19.5 Å². The molecule has 0 aromatic heterocycles. The van der Waals surface area contributed by atoms with Gasteiger partial charge in [0.05, 0.1) is 6.67 Å². The summed E-state index contributed by atoms with van der Waals surface area (Å²) < 4.78 is 0. The zero-order valence-electron chi connectivity index (χ0n) is 15.7. The molecule has 1 heterocycles. The summed E-state index contributed by atoms with van der Waals surface area (Å²) in [5.74, 6) is 6.65. The topological polar surface area (TPSA) is 6.48 Å². The number of anilines is 1. The Morgan fingerprint density at radius 2 is 1.56 bits per heavy atom. The van der Waals surface area contributed by atoms with Gasteiger partial charge in [-0.1, -0.05) is 72.5 Å². The Balaban J connectivity index is 1.48. The molecular weight excluding hydrogens is 328 g/mol. The highest BCUT2D eigenvalue weighted by atomic mass is 15.3. The van der Waals surface area contributed by atoms with Crippen LogP contribution in [0.3, 0.4) is 0 Å². The van der Waals surface area contributed by atoms with Crippen molar-refractivity contribution in [3.8, 4) is 11.8 Å². The minimum Gasteiger partial charge on any atom is -0.361 e. The van der Waals surface area contributed by atoms with Gasteiger partial charge in [-0.25, -0.2) is 0 Å². The van der Waals surface area contributed by atoms with Gasteiger partial charge in [0.2, 0.25) is 0 Å². The summed E-state index contributed by atoms with van der Waals surface area (Å²) in [6.07, 6.45) is 0.790. The zero-order valence-corrected chi connectivity index (χ0v) is 15.7. The maximum Gasteiger partial charge on any atom is 0.0709 e. The third-order valence-corrected chi connectivity index (χ3v) is 4.91. The molecule has 134 valence electrons. The first-order valence-electron chi connectivity index (χ1n) is 9.41. The smallest absolute Gasteiger partial charge is 0.0709 e. The molecule has 0 amide bonds. The average molecular weight is 352 g/mol. The molecule has 0 aliphatic carbocycles. The van der Waals surface area contributed by atoms with Crippen LogP contribution >= 0.6 is 0 Å². The second kappa shape index (κ2) is 8.12. The average Bonchev–Trinajstić information content (AvgIpc) is 2.69. The minimum absolute atomic E-state index is 0.790. The van der Waals surface area contributed by atoms with E-state index in [1.807, 2.05) is 6.07 Å². The van der Waals surface area contributed by atoms with Crippen LogP contribution in [0.15, 0.2) is 78.9 Å². The van der Waals surface area contributed by atoms with Gasteiger partial charge in [0.15, 0.2) is 0 Å². The molecular formula is C25H24N2. The largest absolute Gasteiger partial charge is 0.361 e. The Morgan fingerprint density at radius 1 is 0.852 bits per heavy atom. The monoisotopic (exact) mass is 352 g/mol. The molecule has 0 N–H and O–H groups in total. The first kappa shape index (κ1) is 17.4. The number of nitrogens with zero attached hydrogens (tertiary/aromatic N) is 2. The van der Waals surface area contributed by atoms with Gasteiger partial charge in [-0.05, 0) is 34.9 Å². The van der Waals surface area contributed by atoms with Crippen LogP contribution in [0.4, 0.5) is 5.69 Å². The van der Waals surface area contributed by atoms with Gasteiger partial charge in [0.25, 0.3) is 0 Å². The van der Waals surface area contributed by atoms with Crippen molar-refractivity contribution >= 4 is 5.69 Å². The van der Waals surface area contributed by atoms with Crippen molar-refractivity contribution in [2.75, 3.05) is 18.6 Å². The third kappa shape index (κ3) is 4.39. The Labute approximate surface area is 162 Å². The van der Waals surface area contributed by atoms with Crippen molar-refractivity contribution in [3.05, 3.63) is 101 Å². The van der Waals surface area contributed by atoms with Crippen LogP contribution < -0.4 is 4.90 Å². The van der Waals surface area contributed by atoms with Crippen LogP contribution in [0.1, 0.15) is 22.3 Å². The summed E-state index contributed by atoms with van der Waals surface area (Å²) in [6, 6.07) is 27.7. The van der Waals surface area contributed by atoms with E-state index in [2.05, 4.69) is 101 Å². The lowest BCUT2D eigenvalue weighted by atomic mass is 10.0. The summed E-state index contributed by atoms with van der Waals surface area (Å²) >= 11 is 0. The zero-order chi connectivity index (χ0) is 18.5. The fraction of sp³-hybridized carbons (Fsp3) is 0.200. The van der Waals surface area contributed by atoms with Crippen molar-refractivity contribution < 1.29 is 0 Å². The molecule has 0 fully saturated rings. The highest BCUT2D eigenvalue weighted by Gasteiger charge is 2.20. The maximum absolute atomic E-state index is 3.34. The van der Waals surface area contributed by atoms with Crippen LogP contribution in [0, 0.1) is 11.8 Å². The van der Waals surface area contributed by atoms with E-state index >= 15 is 0 Å². The van der Waals surface area contributed by atoms with Gasteiger partial charge < -0.3 is 4.90 Å². The van der Waals surface area contributed by atoms with Crippen LogP contribution in [0.5, 0.6) is 0 Å². The highest BCUT2D eigenvalue weighted by Crippen LogP contribution is 2.28. The van der Waals surface area contributed by atoms with Crippen molar-refractivity contribution in [1.29, 1.82) is 0 Å². The maximum atomic E-state index is 3.34. The molecule has 1 aliphatic rings. The molecule has 0 unspecified atom stereocenters. The SMILES string of the molecule is CN1CN(Cc2ccccc2)Cc2cc(C#CCc3ccccc3)ccc21. The lowest BCUT2D eigenvalue weighted by molar-refractivity contribution is 0.248. The normalized spacial score (nSPS) is 13.6. The van der Waals surface area contributed by atoms with Crippen LogP contribution in [-0.2, 0) is 19.5 Å². The van der Waals surface area contributed by atoms with E-state index in [0.717, 1.165) is 31.7 Å². The lowest BCUT2D eigenvalue weighted by Crippen LogP contribution is -2.39. The van der Waals surface area contributed by atoms with Crippen molar-refractivity contribution in [1.82, 2.24) is 4.90 Å². The molecule has 0 spiro atoms. The molecule has 3 aromatic carbocycles. The number of rotatable bonds is 3. The predicted molar refractivity (Wildman–Crippen MR) is 112 cm³/mol. The molecule has 27 heavy (non-hydrogen) atoms. The van der Waals surface area contributed by atoms with E-state index in [0.29, 0.717) is 0 Å². The first-order valence-corrected chi connectivity index (χ1v) is 9.41. The predicted octanol–water partition coefficient (Wildman–Crippen LogP) is 4.69. The summed E-state index contributed by atoms with van der Waals surface area (Å²) in [5, 5.41) is 0. The van der Waals surface area contributed by atoms with Gasteiger partial charge in [0, 0.05) is 37.8 Å². The molecule has 0 radical (unpaired) electrons. The van der Waals surface area contributed by atoms with E-state index in [1.54, 1.807) is 0 Å². The second-order valence-corrected chi connectivity index (χ2v) is 7.12. The Bertz CT molecular complexity index is 952. The van der Waals surface area contributed by atoms with Gasteiger partial charge in [-0.3, -0.25) is 4.90 Å². The first-order chi connectivity index (χ1) is 13.3. The Morgan fingerprint density at radius 3 is 2.30 bits per heavy atom. The van der Waals surface area contributed by atoms with Crippen molar-refractivity contribution in [3.63, 3.8) is 0 Å². The van der Waals surface area contributed by atoms with Gasteiger partial charge >= 0.3 is 0 Å². The second-order valence-electron chi connectivity index (χ2n) is 7.12. The van der Waals surface area contributed by atoms with Gasteiger partial charge in [-0.2, -0.15) is 0 Å². The van der Waals surface area contributed by atoms with Gasteiger partial charge in [0.1, 0.15) is 0 Å². The number of hydrogen-bond acceptors (Lipinski definition) is 2. The molecule has 0 saturated heterocycles. The third-order valence-electron chi connectivity index (χ3n) is 4.91. The Hall–Kier alpha value is -3.02. The fourth-order valence-electron chi connectivity index (χ4n) is 3.62. The van der Waals surface area contributed by atoms with Crippen LogP contribution in [0.2, 0.25) is 0 Å². The fourth-order valence-corrected chi connectivity index (χ4v) is 3.62. The standard InChI is InChI=1S/C25H24N2/c1-26-20-27(18-23-11-6-3-7-12-23)19-24-17-22(15-16-25(24)26)14-8-13-21-9-4-2-5-10-21/h2-7,9-12,15-17H,13,18-20H2,1H3. The lowest BCUT2D eigenvalue weighted by Gasteiger charge is -2.36. The summed E-state index contributed by atoms with van der Waals surface area (Å²) in [5.41, 5.74) is 6.38. The van der Waals surface area contributed by atoms with E-state index in [9.17, 15) is 0 Å². The molecule has 3 aromatic rings. The van der Waals surface area contributed by atoms with Crippen LogP contribution in [0.25, 0.3) is 0 Å². The molecule has 4 rings (SSSR count).